The molecule has 0 bridgehead atoms. The summed E-state index contributed by atoms with van der Waals surface area (Å²) in [6.07, 6.45) is -2.31. The van der Waals surface area contributed by atoms with Gasteiger partial charge in [0, 0.05) is 30.8 Å². The van der Waals surface area contributed by atoms with Crippen LogP contribution in [-0.2, 0) is 16.1 Å². The van der Waals surface area contributed by atoms with Crippen molar-refractivity contribution < 1.29 is 28.2 Å². The summed E-state index contributed by atoms with van der Waals surface area (Å²) in [7, 11) is 0. The first-order valence-electron chi connectivity index (χ1n) is 10.3. The molecule has 0 radical (unpaired) electrons. The van der Waals surface area contributed by atoms with Crippen molar-refractivity contribution in [2.24, 2.45) is 0 Å². The fraction of sp³-hybridized carbons (Fsp3) is 0.318. The van der Waals surface area contributed by atoms with Gasteiger partial charge in [0.2, 0.25) is 5.95 Å². The van der Waals surface area contributed by atoms with Gasteiger partial charge in [-0.2, -0.15) is 0 Å². The number of aryl methyl sites for hydroxylation is 1. The summed E-state index contributed by atoms with van der Waals surface area (Å²) in [5.41, 5.74) is 1.35. The van der Waals surface area contributed by atoms with E-state index in [0.29, 0.717) is 47.9 Å². The molecule has 8 nitrogen and oxygen atoms in total. The van der Waals surface area contributed by atoms with Gasteiger partial charge in [-0.25, -0.2) is 13.8 Å². The van der Waals surface area contributed by atoms with E-state index in [2.05, 4.69) is 10.3 Å². The van der Waals surface area contributed by atoms with Crippen LogP contribution in [0.25, 0.3) is 11.0 Å². The van der Waals surface area contributed by atoms with E-state index in [1.54, 1.807) is 16.7 Å². The highest BCUT2D eigenvalue weighted by atomic mass is 35.5. The molecule has 0 atom stereocenters. The second-order valence-electron chi connectivity index (χ2n) is 7.43. The lowest BCUT2D eigenvalue weighted by molar-refractivity contribution is -0.125. The summed E-state index contributed by atoms with van der Waals surface area (Å²) in [6.45, 7) is 0.922. The molecule has 0 unspecified atom stereocenters. The largest absolute Gasteiger partial charge is 0.396 e. The van der Waals surface area contributed by atoms with Crippen LogP contribution in [0.15, 0.2) is 36.4 Å². The van der Waals surface area contributed by atoms with Crippen LogP contribution < -0.4 is 10.2 Å². The van der Waals surface area contributed by atoms with Gasteiger partial charge in [-0.1, -0.05) is 23.7 Å². The van der Waals surface area contributed by atoms with Gasteiger partial charge in [0.1, 0.15) is 6.61 Å². The van der Waals surface area contributed by atoms with Crippen molar-refractivity contribution in [3.8, 4) is 0 Å². The zero-order valence-corrected chi connectivity index (χ0v) is 18.2. The van der Waals surface area contributed by atoms with Crippen LogP contribution in [0.2, 0.25) is 5.02 Å². The fourth-order valence-electron chi connectivity index (χ4n) is 3.65. The molecule has 1 fully saturated rings. The van der Waals surface area contributed by atoms with E-state index in [0.717, 1.165) is 6.07 Å². The van der Waals surface area contributed by atoms with Crippen molar-refractivity contribution >= 4 is 46.1 Å². The SMILES string of the molecule is O=C(Nc1nc2cc(N3CCOCC3=O)c(Cl)cc2n1CCCO)c1cccc(C(F)F)c1. The molecule has 1 aromatic heterocycles. The number of aliphatic hydroxyl groups excluding tert-OH is 1. The molecule has 0 saturated carbocycles. The Labute approximate surface area is 192 Å². The van der Waals surface area contributed by atoms with Crippen LogP contribution in [0.4, 0.5) is 20.4 Å². The fourth-order valence-corrected chi connectivity index (χ4v) is 3.91. The molecule has 3 aromatic rings. The van der Waals surface area contributed by atoms with Gasteiger partial charge in [-0.3, -0.25) is 14.9 Å². The average Bonchev–Trinajstić information content (AvgIpc) is 3.13. The van der Waals surface area contributed by atoms with E-state index >= 15 is 0 Å². The van der Waals surface area contributed by atoms with Gasteiger partial charge >= 0.3 is 0 Å². The number of aliphatic hydroxyl groups is 1. The third-order valence-electron chi connectivity index (χ3n) is 5.26. The minimum absolute atomic E-state index is 0.0434. The first kappa shape index (κ1) is 23.1. The third-order valence-corrected chi connectivity index (χ3v) is 5.56. The quantitative estimate of drug-likeness (QED) is 0.540. The van der Waals surface area contributed by atoms with Crippen LogP contribution >= 0.6 is 11.6 Å². The molecule has 2 N–H and O–H groups in total. The normalized spacial score (nSPS) is 14.3. The molecule has 1 aliphatic heterocycles. The Morgan fingerprint density at radius 3 is 2.85 bits per heavy atom. The number of carbonyl (C=O) groups is 2. The highest BCUT2D eigenvalue weighted by Crippen LogP contribution is 2.33. The molecule has 0 aliphatic carbocycles. The summed E-state index contributed by atoms with van der Waals surface area (Å²) in [4.78, 5) is 31.0. The molecule has 2 aromatic carbocycles. The number of hydrogen-bond acceptors (Lipinski definition) is 5. The number of morpholine rings is 1. The number of hydrogen-bond donors (Lipinski definition) is 2. The van der Waals surface area contributed by atoms with E-state index in [1.807, 2.05) is 0 Å². The molecular formula is C22H21ClF2N4O4. The predicted molar refractivity (Wildman–Crippen MR) is 119 cm³/mol. The number of amides is 2. The highest BCUT2D eigenvalue weighted by molar-refractivity contribution is 6.34. The maximum atomic E-state index is 13.0. The Balaban J connectivity index is 1.71. The van der Waals surface area contributed by atoms with E-state index in [-0.39, 0.29) is 36.2 Å². The van der Waals surface area contributed by atoms with Crippen molar-refractivity contribution in [2.45, 2.75) is 19.4 Å². The maximum absolute atomic E-state index is 13.0. The van der Waals surface area contributed by atoms with Gasteiger partial charge in [0.25, 0.3) is 18.2 Å². The van der Waals surface area contributed by atoms with Crippen molar-refractivity contribution in [2.75, 3.05) is 36.6 Å². The Bertz CT molecular complexity index is 1200. The van der Waals surface area contributed by atoms with Crippen LogP contribution in [0.3, 0.4) is 0 Å². The van der Waals surface area contributed by atoms with Gasteiger partial charge in [-0.15, -0.1) is 0 Å². The lowest BCUT2D eigenvalue weighted by Crippen LogP contribution is -2.41. The van der Waals surface area contributed by atoms with E-state index in [4.69, 9.17) is 16.3 Å². The minimum Gasteiger partial charge on any atom is -0.396 e. The van der Waals surface area contributed by atoms with E-state index < -0.39 is 12.3 Å². The smallest absolute Gasteiger partial charge is 0.263 e. The molecule has 11 heteroatoms. The minimum atomic E-state index is -2.70. The Morgan fingerprint density at radius 1 is 1.30 bits per heavy atom. The molecule has 33 heavy (non-hydrogen) atoms. The van der Waals surface area contributed by atoms with Crippen molar-refractivity contribution in [3.05, 3.63) is 52.5 Å². The molecular weight excluding hydrogens is 458 g/mol. The number of imidazole rings is 1. The number of carbonyl (C=O) groups excluding carboxylic acids is 2. The zero-order valence-electron chi connectivity index (χ0n) is 17.4. The first-order valence-corrected chi connectivity index (χ1v) is 10.6. The number of anilines is 2. The second kappa shape index (κ2) is 9.82. The number of nitrogens with zero attached hydrogens (tertiary/aromatic N) is 3. The Hall–Kier alpha value is -3.08. The highest BCUT2D eigenvalue weighted by Gasteiger charge is 2.24. The molecule has 0 spiro atoms. The lowest BCUT2D eigenvalue weighted by atomic mass is 10.1. The van der Waals surface area contributed by atoms with Crippen LogP contribution in [0, 0.1) is 0 Å². The van der Waals surface area contributed by atoms with Crippen molar-refractivity contribution in [1.29, 1.82) is 0 Å². The Kier molecular flexibility index (Phi) is 6.87. The standard InChI is InChI=1S/C22H21ClF2N4O4/c23-15-10-18-16(11-17(15)28-6-8-33-12-19(28)31)26-22(29(18)5-2-7-30)27-21(32)14-4-1-3-13(9-14)20(24)25/h1,3-4,9-11,20,30H,2,5-8,12H2,(H,26,27,32). The maximum Gasteiger partial charge on any atom is 0.263 e. The van der Waals surface area contributed by atoms with Crippen LogP contribution in [0.1, 0.15) is 28.8 Å². The molecule has 2 heterocycles. The van der Waals surface area contributed by atoms with Gasteiger partial charge in [0.05, 0.1) is 28.4 Å². The molecule has 1 aliphatic rings. The molecule has 1 saturated heterocycles. The molecule has 4 rings (SSSR count). The van der Waals surface area contributed by atoms with Gasteiger partial charge < -0.3 is 19.3 Å². The number of aromatic nitrogens is 2. The number of alkyl halides is 2. The topological polar surface area (TPSA) is 96.7 Å². The number of fused-ring (bicyclic) bond motifs is 1. The lowest BCUT2D eigenvalue weighted by Gasteiger charge is -2.27. The van der Waals surface area contributed by atoms with Gasteiger partial charge in [0.15, 0.2) is 0 Å². The predicted octanol–water partition coefficient (Wildman–Crippen LogP) is 3.63. The monoisotopic (exact) mass is 478 g/mol. The summed E-state index contributed by atoms with van der Waals surface area (Å²) in [5, 5.41) is 12.3. The first-order chi connectivity index (χ1) is 15.9. The number of rotatable bonds is 7. The van der Waals surface area contributed by atoms with E-state index in [1.165, 1.54) is 23.1 Å². The number of halogens is 3. The summed E-state index contributed by atoms with van der Waals surface area (Å²) >= 11 is 6.48. The zero-order chi connectivity index (χ0) is 23.5. The van der Waals surface area contributed by atoms with Gasteiger partial charge in [-0.05, 0) is 30.7 Å². The third kappa shape index (κ3) is 4.82. The van der Waals surface area contributed by atoms with Crippen molar-refractivity contribution in [3.63, 3.8) is 0 Å². The summed E-state index contributed by atoms with van der Waals surface area (Å²) in [6, 6.07) is 8.49. The molecule has 174 valence electrons. The summed E-state index contributed by atoms with van der Waals surface area (Å²) < 4.78 is 32.9. The molecule has 2 amide bonds. The Morgan fingerprint density at radius 2 is 2.12 bits per heavy atom. The summed E-state index contributed by atoms with van der Waals surface area (Å²) in [5.74, 6) is -0.658. The van der Waals surface area contributed by atoms with E-state index in [9.17, 15) is 23.5 Å². The van der Waals surface area contributed by atoms with Crippen molar-refractivity contribution in [1.82, 2.24) is 9.55 Å². The number of benzene rings is 2. The number of nitrogens with one attached hydrogen (secondary N) is 1. The second-order valence-corrected chi connectivity index (χ2v) is 7.84. The van der Waals surface area contributed by atoms with Crippen LogP contribution in [0.5, 0.6) is 0 Å². The number of ether oxygens (including phenoxy) is 1. The van der Waals surface area contributed by atoms with Crippen LogP contribution in [-0.4, -0.2) is 52.8 Å². The average molecular weight is 479 g/mol.